The molecule has 0 spiro atoms. The van der Waals surface area contributed by atoms with Crippen molar-refractivity contribution in [2.24, 2.45) is 5.92 Å². The first-order valence-corrected chi connectivity index (χ1v) is 5.24. The van der Waals surface area contributed by atoms with Crippen molar-refractivity contribution in [2.45, 2.75) is 33.7 Å². The average molecular weight is 206 g/mol. The molecule has 0 fully saturated rings. The molecule has 0 saturated heterocycles. The number of carbonyl (C=O) groups is 1. The van der Waals surface area contributed by atoms with Gasteiger partial charge >= 0.3 is 0 Å². The van der Waals surface area contributed by atoms with Crippen LogP contribution in [-0.2, 0) is 4.79 Å². The van der Waals surface area contributed by atoms with Gasteiger partial charge in [0.2, 0.25) is 0 Å². The third-order valence-electron chi connectivity index (χ3n) is 2.37. The molecule has 0 aromatic carbocycles. The molecule has 0 saturated carbocycles. The van der Waals surface area contributed by atoms with E-state index in [1.807, 2.05) is 24.5 Å². The van der Waals surface area contributed by atoms with E-state index in [0.717, 1.165) is 17.6 Å². The highest BCUT2D eigenvalue weighted by atomic mass is 16.1. The molecule has 0 bridgehead atoms. The van der Waals surface area contributed by atoms with E-state index < -0.39 is 0 Å². The molecule has 3 heteroatoms. The lowest BCUT2D eigenvalue weighted by molar-refractivity contribution is -0.105. The molecule has 0 amide bonds. The zero-order valence-corrected chi connectivity index (χ0v) is 9.77. The van der Waals surface area contributed by atoms with E-state index in [4.69, 9.17) is 0 Å². The lowest BCUT2D eigenvalue weighted by Gasteiger charge is -2.10. The molecule has 0 radical (unpaired) electrons. The van der Waals surface area contributed by atoms with Crippen LogP contribution >= 0.6 is 0 Å². The van der Waals surface area contributed by atoms with Gasteiger partial charge in [0.05, 0.1) is 18.2 Å². The van der Waals surface area contributed by atoms with Gasteiger partial charge in [-0.2, -0.15) is 0 Å². The minimum atomic E-state index is 0.248. The number of imidazole rings is 1. The Morgan fingerprint density at radius 3 is 2.53 bits per heavy atom. The van der Waals surface area contributed by atoms with Gasteiger partial charge in [0.1, 0.15) is 6.29 Å². The highest BCUT2D eigenvalue weighted by molar-refractivity contribution is 5.81. The minimum Gasteiger partial charge on any atom is -0.329 e. The van der Waals surface area contributed by atoms with Crippen molar-refractivity contribution >= 4 is 12.4 Å². The lowest BCUT2D eigenvalue weighted by Crippen LogP contribution is -2.02. The number of carbonyl (C=O) groups excluding carboxylic acids is 1. The zero-order valence-electron chi connectivity index (χ0n) is 9.77. The fourth-order valence-electron chi connectivity index (χ4n) is 1.37. The van der Waals surface area contributed by atoms with Crippen molar-refractivity contribution in [3.05, 3.63) is 23.8 Å². The van der Waals surface area contributed by atoms with Crippen LogP contribution in [0, 0.1) is 5.92 Å². The molecule has 1 rings (SSSR count). The fraction of sp³-hybridized carbons (Fsp3) is 0.500. The second-order valence-corrected chi connectivity index (χ2v) is 4.24. The van der Waals surface area contributed by atoms with E-state index in [1.54, 1.807) is 12.5 Å². The van der Waals surface area contributed by atoms with Crippen molar-refractivity contribution in [1.82, 2.24) is 9.55 Å². The second-order valence-electron chi connectivity index (χ2n) is 4.24. The smallest absolute Gasteiger partial charge is 0.146 e. The first-order chi connectivity index (χ1) is 7.06. The number of nitrogens with zero attached hydrogens (tertiary/aromatic N) is 2. The summed E-state index contributed by atoms with van der Waals surface area (Å²) in [6.07, 6.45) is 6.40. The Morgan fingerprint density at radius 1 is 1.40 bits per heavy atom. The molecule has 0 atom stereocenters. The van der Waals surface area contributed by atoms with E-state index in [-0.39, 0.29) is 5.92 Å². The maximum Gasteiger partial charge on any atom is 0.146 e. The predicted octanol–water partition coefficient (Wildman–Crippen LogP) is 2.70. The largest absolute Gasteiger partial charge is 0.329 e. The van der Waals surface area contributed by atoms with Crippen LogP contribution in [0.25, 0.3) is 6.08 Å². The summed E-state index contributed by atoms with van der Waals surface area (Å²) in [5, 5.41) is 0. The predicted molar refractivity (Wildman–Crippen MR) is 61.5 cm³/mol. The number of aldehydes is 1. The monoisotopic (exact) mass is 206 g/mol. The van der Waals surface area contributed by atoms with Crippen LogP contribution in [0.3, 0.4) is 0 Å². The average Bonchev–Trinajstić information content (AvgIpc) is 2.61. The van der Waals surface area contributed by atoms with Crippen molar-refractivity contribution in [3.8, 4) is 0 Å². The molecule has 1 aromatic rings. The summed E-state index contributed by atoms with van der Waals surface area (Å²) in [7, 11) is 0. The van der Waals surface area contributed by atoms with Gasteiger partial charge < -0.3 is 4.57 Å². The van der Waals surface area contributed by atoms with E-state index >= 15 is 0 Å². The topological polar surface area (TPSA) is 34.9 Å². The number of allylic oxidation sites excluding steroid dienone is 1. The van der Waals surface area contributed by atoms with Crippen LogP contribution in [0.15, 0.2) is 18.1 Å². The van der Waals surface area contributed by atoms with Crippen molar-refractivity contribution < 1.29 is 4.79 Å². The molecule has 82 valence electrons. The molecule has 1 aromatic heterocycles. The molecule has 0 aliphatic carbocycles. The van der Waals surface area contributed by atoms with E-state index in [2.05, 4.69) is 18.8 Å². The first-order valence-electron chi connectivity index (χ1n) is 5.24. The minimum absolute atomic E-state index is 0.248. The number of hydrogen-bond donors (Lipinski definition) is 0. The van der Waals surface area contributed by atoms with Gasteiger partial charge in [-0.1, -0.05) is 13.8 Å². The van der Waals surface area contributed by atoms with Crippen LogP contribution < -0.4 is 0 Å². The van der Waals surface area contributed by atoms with Gasteiger partial charge in [-0.3, -0.25) is 4.79 Å². The lowest BCUT2D eigenvalue weighted by atomic mass is 10.0. The Labute approximate surface area is 90.8 Å². The summed E-state index contributed by atoms with van der Waals surface area (Å²) in [5.41, 5.74) is 1.79. The van der Waals surface area contributed by atoms with Crippen LogP contribution in [0.1, 0.15) is 39.4 Å². The summed E-state index contributed by atoms with van der Waals surface area (Å²) in [6, 6.07) is 0.360. The standard InChI is InChI=1S/C12H18N2O/c1-9(2)11(7-15)5-12-6-13-8-14(12)10(3)4/h5-10H,1-4H3. The third kappa shape index (κ3) is 2.78. The summed E-state index contributed by atoms with van der Waals surface area (Å²) < 4.78 is 2.05. The maximum absolute atomic E-state index is 10.9. The first kappa shape index (κ1) is 11.7. The highest BCUT2D eigenvalue weighted by Gasteiger charge is 2.06. The summed E-state index contributed by atoms with van der Waals surface area (Å²) in [4.78, 5) is 14.9. The Kier molecular flexibility index (Phi) is 3.83. The summed E-state index contributed by atoms with van der Waals surface area (Å²) >= 11 is 0. The molecule has 1 heterocycles. The van der Waals surface area contributed by atoms with Gasteiger partial charge in [-0.25, -0.2) is 4.98 Å². The van der Waals surface area contributed by atoms with Crippen LogP contribution in [-0.4, -0.2) is 15.8 Å². The van der Waals surface area contributed by atoms with Gasteiger partial charge in [0, 0.05) is 6.04 Å². The maximum atomic E-state index is 10.9. The molecule has 0 unspecified atom stereocenters. The Balaban J connectivity index is 3.06. The number of aromatic nitrogens is 2. The Hall–Kier alpha value is -1.38. The molecule has 0 aliphatic heterocycles. The van der Waals surface area contributed by atoms with E-state index in [0.29, 0.717) is 6.04 Å². The normalized spacial score (nSPS) is 12.5. The number of rotatable bonds is 4. The van der Waals surface area contributed by atoms with Crippen LogP contribution in [0.4, 0.5) is 0 Å². The molecule has 0 aliphatic rings. The number of hydrogen-bond acceptors (Lipinski definition) is 2. The molecule has 15 heavy (non-hydrogen) atoms. The molecular weight excluding hydrogens is 188 g/mol. The summed E-state index contributed by atoms with van der Waals surface area (Å²) in [5.74, 6) is 0.248. The van der Waals surface area contributed by atoms with Gasteiger partial charge in [-0.15, -0.1) is 0 Å². The van der Waals surface area contributed by atoms with Crippen molar-refractivity contribution in [1.29, 1.82) is 0 Å². The van der Waals surface area contributed by atoms with Crippen LogP contribution in [0.5, 0.6) is 0 Å². The van der Waals surface area contributed by atoms with Crippen molar-refractivity contribution in [3.63, 3.8) is 0 Å². The molecular formula is C12H18N2O. The fourth-order valence-corrected chi connectivity index (χ4v) is 1.37. The Morgan fingerprint density at radius 2 is 2.07 bits per heavy atom. The van der Waals surface area contributed by atoms with Gasteiger partial charge in [-0.05, 0) is 31.4 Å². The van der Waals surface area contributed by atoms with E-state index in [9.17, 15) is 4.79 Å². The van der Waals surface area contributed by atoms with Gasteiger partial charge in [0.25, 0.3) is 0 Å². The quantitative estimate of drug-likeness (QED) is 0.560. The second kappa shape index (κ2) is 4.91. The SMILES string of the molecule is CC(C)C(C=O)=Cc1cncn1C(C)C. The molecule has 0 N–H and O–H groups in total. The van der Waals surface area contributed by atoms with Crippen LogP contribution in [0.2, 0.25) is 0 Å². The highest BCUT2D eigenvalue weighted by Crippen LogP contribution is 2.15. The zero-order chi connectivity index (χ0) is 11.4. The Bertz CT molecular complexity index is 361. The molecule has 3 nitrogen and oxygen atoms in total. The summed E-state index contributed by atoms with van der Waals surface area (Å²) in [6.45, 7) is 8.20. The van der Waals surface area contributed by atoms with Crippen molar-refractivity contribution in [2.75, 3.05) is 0 Å². The van der Waals surface area contributed by atoms with Gasteiger partial charge in [0.15, 0.2) is 0 Å². The van der Waals surface area contributed by atoms with E-state index in [1.165, 1.54) is 0 Å². The third-order valence-corrected chi connectivity index (χ3v) is 2.37.